The van der Waals surface area contributed by atoms with Gasteiger partial charge in [0.05, 0.1) is 11.1 Å². The van der Waals surface area contributed by atoms with E-state index in [-0.39, 0.29) is 11.4 Å². The predicted molar refractivity (Wildman–Crippen MR) is 78.1 cm³/mol. The van der Waals surface area contributed by atoms with E-state index < -0.39 is 20.6 Å². The Labute approximate surface area is 128 Å². The van der Waals surface area contributed by atoms with E-state index in [1.807, 2.05) is 0 Å². The summed E-state index contributed by atoms with van der Waals surface area (Å²) in [4.78, 5) is 9.83. The van der Waals surface area contributed by atoms with Gasteiger partial charge >= 0.3 is 0 Å². The third kappa shape index (κ3) is 3.46. The Bertz CT molecular complexity index is 787. The smallest absolute Gasteiger partial charge is 0.283 e. The zero-order chi connectivity index (χ0) is 15.6. The van der Waals surface area contributed by atoms with Crippen LogP contribution < -0.4 is 4.72 Å². The average Bonchev–Trinajstić information content (AvgIpc) is 2.81. The van der Waals surface area contributed by atoms with Gasteiger partial charge in [-0.25, -0.2) is 13.1 Å². The van der Waals surface area contributed by atoms with Gasteiger partial charge < -0.3 is 0 Å². The summed E-state index contributed by atoms with van der Waals surface area (Å²) in [6, 6.07) is 3.75. The first-order valence-corrected chi connectivity index (χ1v) is 8.01. The standard InChI is InChI=1S/C11H11BrN4O4S/c1-7-8(5-13-15-7)6-14-21(19,20)11-4-9(12)2-3-10(11)16(17)18/h2-5,14H,6H2,1H3,(H,13,15). The average molecular weight is 375 g/mol. The maximum absolute atomic E-state index is 12.2. The number of rotatable bonds is 5. The minimum absolute atomic E-state index is 0.00562. The molecule has 1 aromatic carbocycles. The van der Waals surface area contributed by atoms with Crippen LogP contribution in [0.4, 0.5) is 5.69 Å². The third-order valence-electron chi connectivity index (χ3n) is 2.80. The van der Waals surface area contributed by atoms with Gasteiger partial charge in [-0.15, -0.1) is 0 Å². The lowest BCUT2D eigenvalue weighted by atomic mass is 10.3. The molecule has 0 radical (unpaired) electrons. The number of aryl methyl sites for hydroxylation is 1. The van der Waals surface area contributed by atoms with Crippen molar-refractivity contribution in [3.8, 4) is 0 Å². The summed E-state index contributed by atoms with van der Waals surface area (Å²) >= 11 is 3.11. The van der Waals surface area contributed by atoms with E-state index in [2.05, 4.69) is 30.8 Å². The molecule has 2 aromatic rings. The van der Waals surface area contributed by atoms with Crippen LogP contribution in [0.25, 0.3) is 0 Å². The number of nitrogens with zero attached hydrogens (tertiary/aromatic N) is 2. The largest absolute Gasteiger partial charge is 0.289 e. The van der Waals surface area contributed by atoms with E-state index in [1.54, 1.807) is 6.92 Å². The molecule has 1 heterocycles. The van der Waals surface area contributed by atoms with E-state index in [4.69, 9.17) is 0 Å². The molecular weight excluding hydrogens is 364 g/mol. The lowest BCUT2D eigenvalue weighted by molar-refractivity contribution is -0.387. The highest BCUT2D eigenvalue weighted by molar-refractivity contribution is 9.10. The maximum Gasteiger partial charge on any atom is 0.289 e. The van der Waals surface area contributed by atoms with Crippen LogP contribution in [0.15, 0.2) is 33.8 Å². The van der Waals surface area contributed by atoms with Crippen LogP contribution in [0.5, 0.6) is 0 Å². The summed E-state index contributed by atoms with van der Waals surface area (Å²) in [5.74, 6) is 0. The highest BCUT2D eigenvalue weighted by Crippen LogP contribution is 2.27. The van der Waals surface area contributed by atoms with E-state index in [0.717, 1.165) is 11.8 Å². The fourth-order valence-corrected chi connectivity index (χ4v) is 3.37. The zero-order valence-electron chi connectivity index (χ0n) is 10.8. The maximum atomic E-state index is 12.2. The number of aromatic nitrogens is 2. The molecule has 0 amide bonds. The lowest BCUT2D eigenvalue weighted by Gasteiger charge is -2.07. The molecule has 0 aliphatic rings. The van der Waals surface area contributed by atoms with E-state index in [9.17, 15) is 18.5 Å². The van der Waals surface area contributed by atoms with Crippen LogP contribution in [-0.2, 0) is 16.6 Å². The normalized spacial score (nSPS) is 11.5. The number of nitro groups is 1. The van der Waals surface area contributed by atoms with Crippen molar-refractivity contribution in [1.29, 1.82) is 0 Å². The van der Waals surface area contributed by atoms with Crippen LogP contribution >= 0.6 is 15.9 Å². The monoisotopic (exact) mass is 374 g/mol. The Balaban J connectivity index is 2.33. The molecule has 0 aliphatic heterocycles. The number of nitro benzene ring substituents is 1. The molecule has 0 bridgehead atoms. The first kappa shape index (κ1) is 15.6. The molecule has 0 spiro atoms. The summed E-state index contributed by atoms with van der Waals surface area (Å²) in [5, 5.41) is 17.4. The highest BCUT2D eigenvalue weighted by atomic mass is 79.9. The van der Waals surface area contributed by atoms with Crippen molar-refractivity contribution in [2.45, 2.75) is 18.4 Å². The summed E-state index contributed by atoms with van der Waals surface area (Å²) in [6.45, 7) is 1.74. The Kier molecular flexibility index (Phi) is 4.40. The first-order chi connectivity index (χ1) is 9.81. The number of hydrogen-bond donors (Lipinski definition) is 2. The minimum Gasteiger partial charge on any atom is -0.283 e. The number of aromatic amines is 1. The SMILES string of the molecule is Cc1[nH]ncc1CNS(=O)(=O)c1cc(Br)ccc1[N+](=O)[O-]. The fourth-order valence-electron chi connectivity index (χ4n) is 1.66. The minimum atomic E-state index is -4.01. The molecule has 0 unspecified atom stereocenters. The molecule has 2 N–H and O–H groups in total. The summed E-state index contributed by atoms with van der Waals surface area (Å²) in [5.41, 5.74) is 0.910. The van der Waals surface area contributed by atoms with Crippen molar-refractivity contribution in [3.63, 3.8) is 0 Å². The first-order valence-electron chi connectivity index (χ1n) is 5.73. The van der Waals surface area contributed by atoms with Crippen molar-refractivity contribution in [2.24, 2.45) is 0 Å². The molecule has 112 valence electrons. The fraction of sp³-hybridized carbons (Fsp3) is 0.182. The molecule has 0 saturated heterocycles. The lowest BCUT2D eigenvalue weighted by Crippen LogP contribution is -2.24. The van der Waals surface area contributed by atoms with Crippen molar-refractivity contribution < 1.29 is 13.3 Å². The Morgan fingerprint density at radius 2 is 2.19 bits per heavy atom. The van der Waals surface area contributed by atoms with Crippen LogP contribution in [0.2, 0.25) is 0 Å². The quantitative estimate of drug-likeness (QED) is 0.611. The zero-order valence-corrected chi connectivity index (χ0v) is 13.2. The Morgan fingerprint density at radius 3 is 2.76 bits per heavy atom. The molecule has 0 fully saturated rings. The van der Waals surface area contributed by atoms with Crippen molar-refractivity contribution in [2.75, 3.05) is 0 Å². The predicted octanol–water partition coefficient (Wildman–Crippen LogP) is 1.87. The second-order valence-electron chi connectivity index (χ2n) is 4.21. The van der Waals surface area contributed by atoms with Crippen LogP contribution in [0, 0.1) is 17.0 Å². The molecule has 10 heteroatoms. The highest BCUT2D eigenvalue weighted by Gasteiger charge is 2.26. The van der Waals surface area contributed by atoms with Gasteiger partial charge in [-0.3, -0.25) is 15.2 Å². The number of H-pyrrole nitrogens is 1. The van der Waals surface area contributed by atoms with Crippen LogP contribution in [0.3, 0.4) is 0 Å². The third-order valence-corrected chi connectivity index (χ3v) is 4.72. The van der Waals surface area contributed by atoms with Gasteiger partial charge in [-0.05, 0) is 19.1 Å². The second kappa shape index (κ2) is 5.92. The van der Waals surface area contributed by atoms with Crippen molar-refractivity contribution in [3.05, 3.63) is 50.2 Å². The van der Waals surface area contributed by atoms with Crippen molar-refractivity contribution in [1.82, 2.24) is 14.9 Å². The van der Waals surface area contributed by atoms with Gasteiger partial charge in [0, 0.05) is 28.3 Å². The molecule has 0 aliphatic carbocycles. The summed E-state index contributed by atoms with van der Waals surface area (Å²) in [6.07, 6.45) is 1.49. The van der Waals surface area contributed by atoms with E-state index in [1.165, 1.54) is 18.3 Å². The molecule has 0 atom stereocenters. The molecule has 2 rings (SSSR count). The number of sulfonamides is 1. The second-order valence-corrected chi connectivity index (χ2v) is 6.86. The molecule has 21 heavy (non-hydrogen) atoms. The number of benzene rings is 1. The van der Waals surface area contributed by atoms with Gasteiger partial charge in [0.25, 0.3) is 5.69 Å². The van der Waals surface area contributed by atoms with E-state index >= 15 is 0 Å². The molecular formula is C11H11BrN4O4S. The number of nitrogens with one attached hydrogen (secondary N) is 2. The summed E-state index contributed by atoms with van der Waals surface area (Å²) in [7, 11) is -4.01. The topological polar surface area (TPSA) is 118 Å². The molecule has 0 saturated carbocycles. The van der Waals surface area contributed by atoms with Crippen molar-refractivity contribution >= 4 is 31.6 Å². The summed E-state index contributed by atoms with van der Waals surface area (Å²) < 4.78 is 27.3. The van der Waals surface area contributed by atoms with Crippen LogP contribution in [0.1, 0.15) is 11.3 Å². The molecule has 8 nitrogen and oxygen atoms in total. The Morgan fingerprint density at radius 1 is 1.48 bits per heavy atom. The van der Waals surface area contributed by atoms with Gasteiger partial charge in [0.15, 0.2) is 4.90 Å². The number of hydrogen-bond acceptors (Lipinski definition) is 5. The van der Waals surface area contributed by atoms with E-state index in [0.29, 0.717) is 10.0 Å². The number of halogens is 1. The van der Waals surface area contributed by atoms with Gasteiger partial charge in [-0.2, -0.15) is 5.10 Å². The van der Waals surface area contributed by atoms with Crippen LogP contribution in [-0.4, -0.2) is 23.5 Å². The van der Waals surface area contributed by atoms with Gasteiger partial charge in [0.2, 0.25) is 10.0 Å². The van der Waals surface area contributed by atoms with Gasteiger partial charge in [-0.1, -0.05) is 15.9 Å². The van der Waals surface area contributed by atoms with Gasteiger partial charge in [0.1, 0.15) is 0 Å². The Hall–Kier alpha value is -1.78. The molecule has 1 aromatic heterocycles.